The van der Waals surface area contributed by atoms with Gasteiger partial charge in [-0.25, -0.2) is 0 Å². The van der Waals surface area contributed by atoms with Crippen molar-refractivity contribution in [3.63, 3.8) is 0 Å². The van der Waals surface area contributed by atoms with E-state index in [0.717, 1.165) is 25.3 Å². The highest BCUT2D eigenvalue weighted by Crippen LogP contribution is 2.26. The van der Waals surface area contributed by atoms with Crippen molar-refractivity contribution >= 4 is 5.91 Å². The van der Waals surface area contributed by atoms with Gasteiger partial charge < -0.3 is 10.6 Å². The zero-order chi connectivity index (χ0) is 14.7. The van der Waals surface area contributed by atoms with Crippen molar-refractivity contribution < 1.29 is 4.79 Å². The van der Waals surface area contributed by atoms with Crippen molar-refractivity contribution in [2.75, 3.05) is 20.1 Å². The van der Waals surface area contributed by atoms with E-state index in [1.807, 2.05) is 11.9 Å². The Bertz CT molecular complexity index is 326. The molecular formula is C16H31N3O. The average molecular weight is 281 g/mol. The Morgan fingerprint density at radius 1 is 1.20 bits per heavy atom. The molecule has 1 heterocycles. The number of hydrogen-bond acceptors (Lipinski definition) is 3. The number of likely N-dealkylation sites (tertiary alicyclic amines) is 1. The van der Waals surface area contributed by atoms with Crippen LogP contribution in [-0.4, -0.2) is 54.0 Å². The van der Waals surface area contributed by atoms with Crippen LogP contribution in [0.3, 0.4) is 0 Å². The summed E-state index contributed by atoms with van der Waals surface area (Å²) in [6.07, 6.45) is 6.89. The summed E-state index contributed by atoms with van der Waals surface area (Å²) >= 11 is 0. The highest BCUT2D eigenvalue weighted by Gasteiger charge is 2.29. The van der Waals surface area contributed by atoms with E-state index in [0.29, 0.717) is 24.7 Å². The van der Waals surface area contributed by atoms with Crippen molar-refractivity contribution in [2.45, 2.75) is 70.5 Å². The standard InChI is InChI=1S/C16H31N3O/c1-12-4-6-15(7-5-12)18(3)16(20)11-19-9-8-14(17)10-13(19)2/h12-15H,4-11,17H2,1-3H3. The average Bonchev–Trinajstić information content (AvgIpc) is 2.42. The number of carbonyl (C=O) groups is 1. The molecule has 2 aliphatic rings. The number of rotatable bonds is 3. The van der Waals surface area contributed by atoms with Crippen LogP contribution in [0.2, 0.25) is 0 Å². The van der Waals surface area contributed by atoms with Crippen molar-refractivity contribution in [1.29, 1.82) is 0 Å². The van der Waals surface area contributed by atoms with Gasteiger partial charge in [0.1, 0.15) is 0 Å². The van der Waals surface area contributed by atoms with Gasteiger partial charge in [0, 0.05) is 31.7 Å². The van der Waals surface area contributed by atoms with E-state index in [1.54, 1.807) is 0 Å². The van der Waals surface area contributed by atoms with Crippen LogP contribution in [0.15, 0.2) is 0 Å². The Hall–Kier alpha value is -0.610. The molecule has 1 aliphatic carbocycles. The maximum atomic E-state index is 12.5. The molecule has 1 amide bonds. The number of amides is 1. The molecule has 0 aromatic carbocycles. The van der Waals surface area contributed by atoms with E-state index in [-0.39, 0.29) is 5.91 Å². The lowest BCUT2D eigenvalue weighted by atomic mass is 9.87. The van der Waals surface area contributed by atoms with E-state index < -0.39 is 0 Å². The summed E-state index contributed by atoms with van der Waals surface area (Å²) in [5.41, 5.74) is 5.99. The summed E-state index contributed by atoms with van der Waals surface area (Å²) in [6, 6.07) is 1.21. The first-order valence-electron chi connectivity index (χ1n) is 8.22. The van der Waals surface area contributed by atoms with Crippen molar-refractivity contribution in [3.05, 3.63) is 0 Å². The van der Waals surface area contributed by atoms with E-state index in [2.05, 4.69) is 18.7 Å². The number of carbonyl (C=O) groups excluding carboxylic acids is 1. The predicted octanol–water partition coefficient (Wildman–Crippen LogP) is 1.84. The Morgan fingerprint density at radius 2 is 1.85 bits per heavy atom. The molecule has 0 radical (unpaired) electrons. The number of likely N-dealkylation sites (N-methyl/N-ethyl adjacent to an activating group) is 1. The minimum absolute atomic E-state index is 0.284. The zero-order valence-electron chi connectivity index (χ0n) is 13.3. The molecule has 2 unspecified atom stereocenters. The monoisotopic (exact) mass is 281 g/mol. The highest BCUT2D eigenvalue weighted by molar-refractivity contribution is 5.78. The lowest BCUT2D eigenvalue weighted by molar-refractivity contribution is -0.134. The minimum atomic E-state index is 0.284. The molecule has 4 heteroatoms. The van der Waals surface area contributed by atoms with E-state index >= 15 is 0 Å². The molecular weight excluding hydrogens is 250 g/mol. The minimum Gasteiger partial charge on any atom is -0.342 e. The molecule has 116 valence electrons. The summed E-state index contributed by atoms with van der Waals surface area (Å²) in [5.74, 6) is 1.12. The van der Waals surface area contributed by atoms with Gasteiger partial charge in [-0.15, -0.1) is 0 Å². The molecule has 20 heavy (non-hydrogen) atoms. The Labute approximate surface area is 123 Å². The lowest BCUT2D eigenvalue weighted by Gasteiger charge is -2.38. The molecule has 2 N–H and O–H groups in total. The predicted molar refractivity (Wildman–Crippen MR) is 82.4 cm³/mol. The second-order valence-corrected chi connectivity index (χ2v) is 7.02. The molecule has 2 atom stereocenters. The topological polar surface area (TPSA) is 49.6 Å². The quantitative estimate of drug-likeness (QED) is 0.858. The van der Waals surface area contributed by atoms with Crippen LogP contribution in [0.25, 0.3) is 0 Å². The van der Waals surface area contributed by atoms with Gasteiger partial charge in [-0.05, 0) is 51.4 Å². The number of nitrogens with zero attached hydrogens (tertiary/aromatic N) is 2. The first kappa shape index (κ1) is 15.8. The van der Waals surface area contributed by atoms with Gasteiger partial charge in [0.2, 0.25) is 5.91 Å². The lowest BCUT2D eigenvalue weighted by Crippen LogP contribution is -2.51. The van der Waals surface area contributed by atoms with Crippen LogP contribution in [0.1, 0.15) is 52.4 Å². The van der Waals surface area contributed by atoms with Crippen molar-refractivity contribution in [3.8, 4) is 0 Å². The third-order valence-electron chi connectivity index (χ3n) is 5.32. The SMILES string of the molecule is CC1CCC(N(C)C(=O)CN2CCC(N)CC2C)CC1. The zero-order valence-corrected chi connectivity index (χ0v) is 13.3. The number of piperidine rings is 1. The van der Waals surface area contributed by atoms with E-state index in [9.17, 15) is 4.79 Å². The molecule has 0 bridgehead atoms. The molecule has 0 spiro atoms. The molecule has 2 rings (SSSR count). The van der Waals surface area contributed by atoms with Crippen LogP contribution < -0.4 is 5.73 Å². The maximum Gasteiger partial charge on any atom is 0.236 e. The van der Waals surface area contributed by atoms with Gasteiger partial charge in [0.25, 0.3) is 0 Å². The first-order valence-corrected chi connectivity index (χ1v) is 8.22. The van der Waals surface area contributed by atoms with Gasteiger partial charge in [0.05, 0.1) is 6.54 Å². The normalized spacial score (nSPS) is 35.8. The first-order chi connectivity index (χ1) is 9.47. The molecule has 1 saturated heterocycles. The molecule has 1 saturated carbocycles. The smallest absolute Gasteiger partial charge is 0.236 e. The molecule has 4 nitrogen and oxygen atoms in total. The van der Waals surface area contributed by atoms with E-state index in [4.69, 9.17) is 5.73 Å². The Kier molecular flexibility index (Phi) is 5.44. The summed E-state index contributed by atoms with van der Waals surface area (Å²) in [4.78, 5) is 16.8. The van der Waals surface area contributed by atoms with Crippen LogP contribution in [0, 0.1) is 5.92 Å². The summed E-state index contributed by atoms with van der Waals surface area (Å²) in [5, 5.41) is 0. The van der Waals surface area contributed by atoms with Crippen LogP contribution in [0.5, 0.6) is 0 Å². The van der Waals surface area contributed by atoms with Crippen LogP contribution >= 0.6 is 0 Å². The largest absolute Gasteiger partial charge is 0.342 e. The van der Waals surface area contributed by atoms with Crippen LogP contribution in [0.4, 0.5) is 0 Å². The fourth-order valence-corrected chi connectivity index (χ4v) is 3.61. The van der Waals surface area contributed by atoms with Crippen molar-refractivity contribution in [2.24, 2.45) is 11.7 Å². The van der Waals surface area contributed by atoms with Gasteiger partial charge in [-0.3, -0.25) is 9.69 Å². The third-order valence-corrected chi connectivity index (χ3v) is 5.32. The maximum absolute atomic E-state index is 12.5. The van der Waals surface area contributed by atoms with Gasteiger partial charge in [-0.2, -0.15) is 0 Å². The molecule has 0 aromatic rings. The second kappa shape index (κ2) is 6.90. The summed E-state index contributed by atoms with van der Waals surface area (Å²) in [7, 11) is 1.99. The Balaban J connectivity index is 1.81. The Morgan fingerprint density at radius 3 is 2.45 bits per heavy atom. The molecule has 2 fully saturated rings. The fourth-order valence-electron chi connectivity index (χ4n) is 3.61. The highest BCUT2D eigenvalue weighted by atomic mass is 16.2. The van der Waals surface area contributed by atoms with Crippen molar-refractivity contribution in [1.82, 2.24) is 9.80 Å². The van der Waals surface area contributed by atoms with Gasteiger partial charge in [-0.1, -0.05) is 6.92 Å². The number of hydrogen-bond donors (Lipinski definition) is 1. The second-order valence-electron chi connectivity index (χ2n) is 7.02. The van der Waals surface area contributed by atoms with Crippen LogP contribution in [-0.2, 0) is 4.79 Å². The van der Waals surface area contributed by atoms with E-state index in [1.165, 1.54) is 25.7 Å². The third kappa shape index (κ3) is 3.95. The fraction of sp³-hybridized carbons (Fsp3) is 0.938. The van der Waals surface area contributed by atoms with Gasteiger partial charge >= 0.3 is 0 Å². The summed E-state index contributed by atoms with van der Waals surface area (Å²) in [6.45, 7) is 6.03. The van der Waals surface area contributed by atoms with Gasteiger partial charge in [0.15, 0.2) is 0 Å². The molecule has 0 aromatic heterocycles. The molecule has 1 aliphatic heterocycles. The summed E-state index contributed by atoms with van der Waals surface area (Å²) < 4.78 is 0. The number of nitrogens with two attached hydrogens (primary N) is 1.